The van der Waals surface area contributed by atoms with Crippen molar-refractivity contribution in [3.8, 4) is 6.07 Å². The molecule has 90 valence electrons. The molecule has 2 rings (SSSR count). The summed E-state index contributed by atoms with van der Waals surface area (Å²) in [5.41, 5.74) is 3.00. The lowest BCUT2D eigenvalue weighted by Crippen LogP contribution is -1.94. The Balaban J connectivity index is 2.40. The van der Waals surface area contributed by atoms with Crippen molar-refractivity contribution in [2.75, 3.05) is 5.32 Å². The number of nitrogens with one attached hydrogen (secondary N) is 1. The molecule has 0 unspecified atom stereocenters. The van der Waals surface area contributed by atoms with E-state index in [1.807, 2.05) is 25.1 Å². The van der Waals surface area contributed by atoms with Gasteiger partial charge in [0.2, 0.25) is 0 Å². The van der Waals surface area contributed by atoms with Crippen molar-refractivity contribution in [3.63, 3.8) is 0 Å². The van der Waals surface area contributed by atoms with E-state index in [9.17, 15) is 0 Å². The summed E-state index contributed by atoms with van der Waals surface area (Å²) in [6.07, 6.45) is 0. The number of nitriles is 1. The fourth-order valence-electron chi connectivity index (χ4n) is 1.58. The summed E-state index contributed by atoms with van der Waals surface area (Å²) in [5, 5.41) is 13.3. The highest BCUT2D eigenvalue weighted by molar-refractivity contribution is 6.33. The van der Waals surface area contributed by atoms with Crippen LogP contribution in [0.25, 0.3) is 0 Å². The Kier molecular flexibility index (Phi) is 3.76. The second-order valence-electron chi connectivity index (χ2n) is 3.91. The van der Waals surface area contributed by atoms with Crippen LogP contribution in [0.1, 0.15) is 11.1 Å². The zero-order valence-corrected chi connectivity index (χ0v) is 11.2. The number of anilines is 2. The molecule has 1 N–H and O–H groups in total. The first kappa shape index (κ1) is 12.8. The molecule has 0 saturated carbocycles. The lowest BCUT2D eigenvalue weighted by Gasteiger charge is -2.10. The van der Waals surface area contributed by atoms with Gasteiger partial charge in [0.15, 0.2) is 0 Å². The first-order valence-corrected chi connectivity index (χ1v) is 6.08. The van der Waals surface area contributed by atoms with Crippen LogP contribution in [0, 0.1) is 18.3 Å². The van der Waals surface area contributed by atoms with Gasteiger partial charge >= 0.3 is 0 Å². The lowest BCUT2D eigenvalue weighted by molar-refractivity contribution is 1.43. The fourth-order valence-corrected chi connectivity index (χ4v) is 2.04. The van der Waals surface area contributed by atoms with E-state index < -0.39 is 0 Å². The Morgan fingerprint density at radius 1 is 1.06 bits per heavy atom. The summed E-state index contributed by atoms with van der Waals surface area (Å²) in [4.78, 5) is 0. The second kappa shape index (κ2) is 5.30. The van der Waals surface area contributed by atoms with Crippen LogP contribution in [0.3, 0.4) is 0 Å². The molecule has 0 aliphatic carbocycles. The summed E-state index contributed by atoms with van der Waals surface area (Å²) in [6, 6.07) is 12.9. The Labute approximate surface area is 116 Å². The molecule has 0 amide bonds. The van der Waals surface area contributed by atoms with Crippen molar-refractivity contribution in [1.29, 1.82) is 5.26 Å². The smallest absolute Gasteiger partial charge is 0.101 e. The molecule has 0 aromatic heterocycles. The molecule has 0 saturated heterocycles. The van der Waals surface area contributed by atoms with Crippen LogP contribution < -0.4 is 5.32 Å². The van der Waals surface area contributed by atoms with Crippen LogP contribution in [0.15, 0.2) is 36.4 Å². The van der Waals surface area contributed by atoms with Crippen molar-refractivity contribution in [1.82, 2.24) is 0 Å². The van der Waals surface area contributed by atoms with Gasteiger partial charge in [0.05, 0.1) is 22.0 Å². The van der Waals surface area contributed by atoms with Crippen LogP contribution in [0.2, 0.25) is 10.0 Å². The Morgan fingerprint density at radius 3 is 2.50 bits per heavy atom. The van der Waals surface area contributed by atoms with Gasteiger partial charge in [-0.3, -0.25) is 0 Å². The van der Waals surface area contributed by atoms with Crippen LogP contribution >= 0.6 is 23.2 Å². The van der Waals surface area contributed by atoms with Gasteiger partial charge in [-0.2, -0.15) is 5.26 Å². The van der Waals surface area contributed by atoms with E-state index >= 15 is 0 Å². The minimum absolute atomic E-state index is 0.524. The molecule has 0 heterocycles. The topological polar surface area (TPSA) is 35.8 Å². The molecule has 0 radical (unpaired) electrons. The molecular weight excluding hydrogens is 267 g/mol. The third kappa shape index (κ3) is 2.76. The van der Waals surface area contributed by atoms with Gasteiger partial charge in [-0.15, -0.1) is 0 Å². The average Bonchev–Trinajstić information content (AvgIpc) is 2.33. The van der Waals surface area contributed by atoms with E-state index in [4.69, 9.17) is 28.5 Å². The number of rotatable bonds is 2. The van der Waals surface area contributed by atoms with Gasteiger partial charge < -0.3 is 5.32 Å². The van der Waals surface area contributed by atoms with Gasteiger partial charge in [0.25, 0.3) is 0 Å². The normalized spacial score (nSPS) is 9.89. The minimum atomic E-state index is 0.524. The molecule has 0 spiro atoms. The van der Waals surface area contributed by atoms with Crippen LogP contribution in [-0.2, 0) is 0 Å². The average molecular weight is 277 g/mol. The summed E-state index contributed by atoms with van der Waals surface area (Å²) in [6.45, 7) is 1.97. The molecule has 2 aromatic carbocycles. The number of nitrogens with zero attached hydrogens (tertiary/aromatic N) is 1. The van der Waals surface area contributed by atoms with Gasteiger partial charge in [0, 0.05) is 5.02 Å². The molecule has 2 aromatic rings. The molecule has 0 aliphatic heterocycles. The third-order valence-corrected chi connectivity index (χ3v) is 3.04. The molecule has 2 nitrogen and oxygen atoms in total. The van der Waals surface area contributed by atoms with E-state index in [2.05, 4.69) is 11.4 Å². The molecule has 0 atom stereocenters. The maximum Gasteiger partial charge on any atom is 0.101 e. The maximum absolute atomic E-state index is 9.03. The minimum Gasteiger partial charge on any atom is -0.353 e. The molecular formula is C14H10Cl2N2. The summed E-state index contributed by atoms with van der Waals surface area (Å²) in [7, 11) is 0. The second-order valence-corrected chi connectivity index (χ2v) is 4.75. The van der Waals surface area contributed by atoms with Gasteiger partial charge in [-0.05, 0) is 42.8 Å². The number of benzene rings is 2. The predicted molar refractivity (Wildman–Crippen MR) is 75.6 cm³/mol. The van der Waals surface area contributed by atoms with Gasteiger partial charge in [-0.25, -0.2) is 0 Å². The summed E-state index contributed by atoms with van der Waals surface area (Å²) in [5.74, 6) is 0. The highest BCUT2D eigenvalue weighted by Gasteiger charge is 2.06. The number of hydrogen-bond donors (Lipinski definition) is 1. The van der Waals surface area contributed by atoms with Crippen LogP contribution in [-0.4, -0.2) is 0 Å². The monoisotopic (exact) mass is 276 g/mol. The maximum atomic E-state index is 9.03. The van der Waals surface area contributed by atoms with Crippen molar-refractivity contribution in [2.24, 2.45) is 0 Å². The number of hydrogen-bond acceptors (Lipinski definition) is 2. The molecule has 0 fully saturated rings. The molecule has 0 bridgehead atoms. The predicted octanol–water partition coefficient (Wildman–Crippen LogP) is 4.92. The summed E-state index contributed by atoms with van der Waals surface area (Å²) >= 11 is 12.1. The van der Waals surface area contributed by atoms with Gasteiger partial charge in [-0.1, -0.05) is 29.3 Å². The van der Waals surface area contributed by atoms with Gasteiger partial charge in [0.1, 0.15) is 6.07 Å². The quantitative estimate of drug-likeness (QED) is 0.845. The molecule has 0 aliphatic rings. The van der Waals surface area contributed by atoms with E-state index in [0.717, 1.165) is 11.3 Å². The first-order chi connectivity index (χ1) is 8.60. The van der Waals surface area contributed by atoms with E-state index in [1.165, 1.54) is 0 Å². The Hall–Kier alpha value is -1.69. The number of aryl methyl sites for hydroxylation is 1. The zero-order chi connectivity index (χ0) is 13.1. The highest BCUT2D eigenvalue weighted by atomic mass is 35.5. The van der Waals surface area contributed by atoms with E-state index in [-0.39, 0.29) is 0 Å². The zero-order valence-electron chi connectivity index (χ0n) is 9.67. The van der Waals surface area contributed by atoms with Crippen molar-refractivity contribution < 1.29 is 0 Å². The molecule has 4 heteroatoms. The SMILES string of the molecule is Cc1ccc(Nc2cc(Cl)ccc2C#N)c(Cl)c1. The van der Waals surface area contributed by atoms with E-state index in [0.29, 0.717) is 21.3 Å². The number of halogens is 2. The van der Waals surface area contributed by atoms with Crippen LogP contribution in [0.5, 0.6) is 0 Å². The summed E-state index contributed by atoms with van der Waals surface area (Å²) < 4.78 is 0. The Morgan fingerprint density at radius 2 is 1.83 bits per heavy atom. The molecule has 18 heavy (non-hydrogen) atoms. The standard InChI is InChI=1S/C14H10Cl2N2/c1-9-2-5-13(12(16)6-9)18-14-7-11(15)4-3-10(14)8-17/h2-7,18H,1H3. The fraction of sp³-hybridized carbons (Fsp3) is 0.0714. The first-order valence-electron chi connectivity index (χ1n) is 5.33. The highest BCUT2D eigenvalue weighted by Crippen LogP contribution is 2.29. The van der Waals surface area contributed by atoms with Crippen LogP contribution in [0.4, 0.5) is 11.4 Å². The van der Waals surface area contributed by atoms with Crippen molar-refractivity contribution in [2.45, 2.75) is 6.92 Å². The van der Waals surface area contributed by atoms with Crippen molar-refractivity contribution in [3.05, 3.63) is 57.6 Å². The largest absolute Gasteiger partial charge is 0.353 e. The Bertz CT molecular complexity index is 630. The third-order valence-electron chi connectivity index (χ3n) is 2.50. The van der Waals surface area contributed by atoms with E-state index in [1.54, 1.807) is 18.2 Å². The lowest BCUT2D eigenvalue weighted by atomic mass is 10.1. The van der Waals surface area contributed by atoms with Crippen molar-refractivity contribution >= 4 is 34.6 Å².